The number of carbonyl (C=O) groups excluding carboxylic acids is 1. The number of hydrogen-bond acceptors (Lipinski definition) is 4. The SMILES string of the molecule is CC1(C)CNC(=O)C(CO)N1c1ccccc1C#N. The van der Waals surface area contributed by atoms with E-state index in [0.717, 1.165) is 0 Å². The monoisotopic (exact) mass is 259 g/mol. The summed E-state index contributed by atoms with van der Waals surface area (Å²) in [4.78, 5) is 13.7. The van der Waals surface area contributed by atoms with Crippen LogP contribution in [0.1, 0.15) is 19.4 Å². The number of para-hydroxylation sites is 1. The molecule has 5 nitrogen and oxygen atoms in total. The molecule has 1 aromatic rings. The standard InChI is InChI=1S/C14H17N3O2/c1-14(2)9-16-13(19)12(8-18)17(14)11-6-4-3-5-10(11)7-15/h3-6,12,18H,8-9H2,1-2H3,(H,16,19). The van der Waals surface area contributed by atoms with E-state index in [2.05, 4.69) is 11.4 Å². The van der Waals surface area contributed by atoms with E-state index in [4.69, 9.17) is 0 Å². The molecule has 1 aliphatic rings. The Morgan fingerprint density at radius 1 is 1.53 bits per heavy atom. The van der Waals surface area contributed by atoms with Gasteiger partial charge in [0.2, 0.25) is 5.91 Å². The molecule has 0 saturated carbocycles. The molecule has 1 fully saturated rings. The van der Waals surface area contributed by atoms with Gasteiger partial charge in [-0.05, 0) is 26.0 Å². The predicted molar refractivity (Wildman–Crippen MR) is 71.6 cm³/mol. The summed E-state index contributed by atoms with van der Waals surface area (Å²) in [7, 11) is 0. The van der Waals surface area contributed by atoms with E-state index in [1.54, 1.807) is 12.1 Å². The minimum absolute atomic E-state index is 0.213. The van der Waals surface area contributed by atoms with Crippen molar-refractivity contribution in [1.29, 1.82) is 5.26 Å². The van der Waals surface area contributed by atoms with Crippen molar-refractivity contribution in [3.05, 3.63) is 29.8 Å². The molecule has 1 saturated heterocycles. The first-order valence-corrected chi connectivity index (χ1v) is 6.18. The maximum atomic E-state index is 11.9. The van der Waals surface area contributed by atoms with Crippen LogP contribution < -0.4 is 10.2 Å². The van der Waals surface area contributed by atoms with Crippen LogP contribution in [0.5, 0.6) is 0 Å². The van der Waals surface area contributed by atoms with Crippen molar-refractivity contribution in [2.75, 3.05) is 18.1 Å². The fourth-order valence-corrected chi connectivity index (χ4v) is 2.48. The molecule has 1 heterocycles. The first-order valence-electron chi connectivity index (χ1n) is 6.18. The highest BCUT2D eigenvalue weighted by Gasteiger charge is 2.41. The van der Waals surface area contributed by atoms with Gasteiger partial charge in [-0.25, -0.2) is 0 Å². The average Bonchev–Trinajstić information content (AvgIpc) is 2.41. The van der Waals surface area contributed by atoms with Gasteiger partial charge >= 0.3 is 0 Å². The van der Waals surface area contributed by atoms with Crippen LogP contribution in [0.25, 0.3) is 0 Å². The van der Waals surface area contributed by atoms with Crippen LogP contribution in [0.3, 0.4) is 0 Å². The Kier molecular flexibility index (Phi) is 3.45. The Bertz CT molecular complexity index is 534. The summed E-state index contributed by atoms with van der Waals surface area (Å²) in [6.45, 7) is 4.14. The molecule has 1 amide bonds. The quantitative estimate of drug-likeness (QED) is 0.817. The lowest BCUT2D eigenvalue weighted by Crippen LogP contribution is -2.67. The van der Waals surface area contributed by atoms with E-state index in [0.29, 0.717) is 17.8 Å². The van der Waals surface area contributed by atoms with Gasteiger partial charge in [0, 0.05) is 6.54 Å². The minimum atomic E-state index is -0.668. The van der Waals surface area contributed by atoms with Crippen molar-refractivity contribution in [2.45, 2.75) is 25.4 Å². The van der Waals surface area contributed by atoms with E-state index >= 15 is 0 Å². The van der Waals surface area contributed by atoms with E-state index in [-0.39, 0.29) is 18.1 Å². The number of piperazine rings is 1. The van der Waals surface area contributed by atoms with Crippen molar-refractivity contribution in [1.82, 2.24) is 5.32 Å². The first-order chi connectivity index (χ1) is 9.01. The lowest BCUT2D eigenvalue weighted by molar-refractivity contribution is -0.125. The zero-order valence-electron chi connectivity index (χ0n) is 11.1. The Morgan fingerprint density at radius 2 is 2.21 bits per heavy atom. The van der Waals surface area contributed by atoms with Gasteiger partial charge in [-0.1, -0.05) is 12.1 Å². The maximum Gasteiger partial charge on any atom is 0.245 e. The van der Waals surface area contributed by atoms with Gasteiger partial charge in [-0.15, -0.1) is 0 Å². The third-order valence-corrected chi connectivity index (χ3v) is 3.42. The number of amides is 1. The Morgan fingerprint density at radius 3 is 2.84 bits per heavy atom. The van der Waals surface area contributed by atoms with Gasteiger partial charge in [0.05, 0.1) is 23.4 Å². The minimum Gasteiger partial charge on any atom is -0.394 e. The molecule has 2 N–H and O–H groups in total. The Balaban J connectivity index is 2.54. The number of nitrogens with zero attached hydrogens (tertiary/aromatic N) is 2. The molecule has 0 aromatic heterocycles. The van der Waals surface area contributed by atoms with E-state index in [1.807, 2.05) is 30.9 Å². The molecule has 0 bridgehead atoms. The fraction of sp³-hybridized carbons (Fsp3) is 0.429. The van der Waals surface area contributed by atoms with E-state index in [1.165, 1.54) is 0 Å². The van der Waals surface area contributed by atoms with Crippen molar-refractivity contribution in [3.63, 3.8) is 0 Å². The molecule has 0 aliphatic carbocycles. The van der Waals surface area contributed by atoms with E-state index in [9.17, 15) is 15.2 Å². The van der Waals surface area contributed by atoms with Crippen LogP contribution in [0, 0.1) is 11.3 Å². The molecule has 1 atom stereocenters. The third kappa shape index (κ3) is 2.27. The Labute approximate surface area is 112 Å². The normalized spacial score (nSPS) is 21.7. The lowest BCUT2D eigenvalue weighted by Gasteiger charge is -2.48. The molecule has 5 heteroatoms. The number of aliphatic hydroxyl groups is 1. The summed E-state index contributed by atoms with van der Waals surface area (Å²) in [5.41, 5.74) is 0.821. The topological polar surface area (TPSA) is 76.4 Å². The third-order valence-electron chi connectivity index (χ3n) is 3.42. The summed E-state index contributed by atoms with van der Waals surface area (Å²) >= 11 is 0. The molecule has 19 heavy (non-hydrogen) atoms. The molecular formula is C14H17N3O2. The van der Waals surface area contributed by atoms with Gasteiger partial charge in [-0.3, -0.25) is 4.79 Å². The number of aliphatic hydroxyl groups excluding tert-OH is 1. The molecular weight excluding hydrogens is 242 g/mol. The van der Waals surface area contributed by atoms with Crippen LogP contribution in [0.4, 0.5) is 5.69 Å². The average molecular weight is 259 g/mol. The van der Waals surface area contributed by atoms with Gasteiger partial charge in [-0.2, -0.15) is 5.26 Å². The van der Waals surface area contributed by atoms with Gasteiger partial charge in [0.15, 0.2) is 0 Å². The number of anilines is 1. The predicted octanol–water partition coefficient (Wildman–Crippen LogP) is 0.634. The molecule has 1 aliphatic heterocycles. The summed E-state index contributed by atoms with van der Waals surface area (Å²) in [5.74, 6) is -0.213. The zero-order chi connectivity index (χ0) is 14.0. The summed E-state index contributed by atoms with van der Waals surface area (Å²) in [6, 6.07) is 8.60. The highest BCUT2D eigenvalue weighted by Crippen LogP contribution is 2.31. The number of nitriles is 1. The van der Waals surface area contributed by atoms with E-state index < -0.39 is 6.04 Å². The molecule has 2 rings (SSSR count). The van der Waals surface area contributed by atoms with Gasteiger partial charge < -0.3 is 15.3 Å². The van der Waals surface area contributed by atoms with Crippen LogP contribution in [0.2, 0.25) is 0 Å². The van der Waals surface area contributed by atoms with Gasteiger partial charge in [0.25, 0.3) is 0 Å². The number of benzene rings is 1. The number of hydrogen-bond donors (Lipinski definition) is 2. The largest absolute Gasteiger partial charge is 0.394 e. The second-order valence-electron chi connectivity index (χ2n) is 5.23. The fourth-order valence-electron chi connectivity index (χ4n) is 2.48. The summed E-state index contributed by atoms with van der Waals surface area (Å²) in [5, 5.41) is 21.5. The highest BCUT2D eigenvalue weighted by molar-refractivity contribution is 5.88. The number of carbonyl (C=O) groups is 1. The van der Waals surface area contributed by atoms with Crippen LogP contribution >= 0.6 is 0 Å². The van der Waals surface area contributed by atoms with Crippen molar-refractivity contribution in [2.24, 2.45) is 0 Å². The van der Waals surface area contributed by atoms with Crippen molar-refractivity contribution >= 4 is 11.6 Å². The first kappa shape index (κ1) is 13.4. The number of rotatable bonds is 2. The highest BCUT2D eigenvalue weighted by atomic mass is 16.3. The maximum absolute atomic E-state index is 11.9. The number of nitrogens with one attached hydrogen (secondary N) is 1. The summed E-state index contributed by atoms with van der Waals surface area (Å²) < 4.78 is 0. The molecule has 1 aromatic carbocycles. The van der Waals surface area contributed by atoms with Gasteiger partial charge in [0.1, 0.15) is 12.1 Å². The van der Waals surface area contributed by atoms with Crippen LogP contribution in [0.15, 0.2) is 24.3 Å². The molecule has 0 spiro atoms. The summed E-state index contributed by atoms with van der Waals surface area (Å²) in [6.07, 6.45) is 0. The molecule has 1 unspecified atom stereocenters. The lowest BCUT2D eigenvalue weighted by atomic mass is 9.93. The smallest absolute Gasteiger partial charge is 0.245 e. The van der Waals surface area contributed by atoms with Crippen LogP contribution in [-0.2, 0) is 4.79 Å². The van der Waals surface area contributed by atoms with Crippen molar-refractivity contribution in [3.8, 4) is 6.07 Å². The van der Waals surface area contributed by atoms with Crippen molar-refractivity contribution < 1.29 is 9.90 Å². The second-order valence-corrected chi connectivity index (χ2v) is 5.23. The molecule has 0 radical (unpaired) electrons. The zero-order valence-corrected chi connectivity index (χ0v) is 11.1. The second kappa shape index (κ2) is 4.90. The molecule has 100 valence electrons. The van der Waals surface area contributed by atoms with Crippen LogP contribution in [-0.4, -0.2) is 35.7 Å². The Hall–Kier alpha value is -2.06.